The van der Waals surface area contributed by atoms with Gasteiger partial charge in [-0.3, -0.25) is 19.7 Å². The first-order valence-corrected chi connectivity index (χ1v) is 10.3. The van der Waals surface area contributed by atoms with E-state index in [0.29, 0.717) is 24.5 Å². The first-order chi connectivity index (χ1) is 14.6. The molecule has 154 valence electrons. The molecule has 0 saturated carbocycles. The molecule has 1 aliphatic rings. The summed E-state index contributed by atoms with van der Waals surface area (Å²) in [6, 6.07) is 13.3. The predicted octanol–water partition coefficient (Wildman–Crippen LogP) is 3.53. The smallest absolute Gasteiger partial charge is 0.271 e. The molecule has 3 heterocycles. The van der Waals surface area contributed by atoms with Gasteiger partial charge in [0, 0.05) is 36.7 Å². The summed E-state index contributed by atoms with van der Waals surface area (Å²) in [4.78, 5) is 31.5. The summed E-state index contributed by atoms with van der Waals surface area (Å²) in [5.74, 6) is -0.397. The highest BCUT2D eigenvalue weighted by molar-refractivity contribution is 5.96. The van der Waals surface area contributed by atoms with Crippen LogP contribution in [0.4, 0.5) is 5.69 Å². The molecule has 7 heteroatoms. The second-order valence-corrected chi connectivity index (χ2v) is 7.54. The summed E-state index contributed by atoms with van der Waals surface area (Å²) in [7, 11) is 0. The van der Waals surface area contributed by atoms with E-state index in [1.54, 1.807) is 23.4 Å². The normalized spacial score (nSPS) is 16.3. The number of amides is 2. The first kappa shape index (κ1) is 19.8. The maximum atomic E-state index is 13.0. The van der Waals surface area contributed by atoms with Crippen LogP contribution in [0.3, 0.4) is 0 Å². The lowest BCUT2D eigenvalue weighted by molar-refractivity contribution is -0.121. The molecule has 2 N–H and O–H groups in total. The van der Waals surface area contributed by atoms with Crippen molar-refractivity contribution < 1.29 is 9.59 Å². The largest absolute Gasteiger partial charge is 0.337 e. The third-order valence-electron chi connectivity index (χ3n) is 5.47. The number of hydrogen-bond donors (Lipinski definition) is 2. The minimum Gasteiger partial charge on any atom is -0.337 e. The minimum absolute atomic E-state index is 0.0390. The Bertz CT molecular complexity index is 1030. The zero-order chi connectivity index (χ0) is 20.9. The zero-order valence-corrected chi connectivity index (χ0v) is 17.0. The summed E-state index contributed by atoms with van der Waals surface area (Å²) < 4.78 is 0. The predicted molar refractivity (Wildman–Crippen MR) is 115 cm³/mol. The molecular weight excluding hydrogens is 378 g/mol. The number of piperidine rings is 1. The van der Waals surface area contributed by atoms with Crippen molar-refractivity contribution in [3.63, 3.8) is 0 Å². The van der Waals surface area contributed by atoms with Gasteiger partial charge in [0.25, 0.3) is 5.91 Å². The summed E-state index contributed by atoms with van der Waals surface area (Å²) in [5, 5.41) is 10.1. The van der Waals surface area contributed by atoms with E-state index < -0.39 is 0 Å². The number of benzene rings is 1. The van der Waals surface area contributed by atoms with Crippen molar-refractivity contribution in [2.45, 2.75) is 26.2 Å². The van der Waals surface area contributed by atoms with E-state index in [0.717, 1.165) is 30.5 Å². The topological polar surface area (TPSA) is 91.0 Å². The van der Waals surface area contributed by atoms with Gasteiger partial charge in [0.1, 0.15) is 5.69 Å². The Labute approximate surface area is 175 Å². The van der Waals surface area contributed by atoms with Crippen molar-refractivity contribution in [2.24, 2.45) is 5.92 Å². The highest BCUT2D eigenvalue weighted by Gasteiger charge is 2.29. The number of aryl methyl sites for hydroxylation is 1. The van der Waals surface area contributed by atoms with Gasteiger partial charge in [-0.05, 0) is 55.2 Å². The minimum atomic E-state index is -0.226. The molecule has 0 aliphatic carbocycles. The highest BCUT2D eigenvalue weighted by Crippen LogP contribution is 2.22. The average molecular weight is 403 g/mol. The molecule has 4 rings (SSSR count). The Kier molecular flexibility index (Phi) is 5.88. The van der Waals surface area contributed by atoms with Crippen molar-refractivity contribution in [1.29, 1.82) is 0 Å². The number of nitrogens with one attached hydrogen (secondary N) is 2. The van der Waals surface area contributed by atoms with Gasteiger partial charge in [-0.2, -0.15) is 5.10 Å². The third kappa shape index (κ3) is 4.40. The van der Waals surface area contributed by atoms with E-state index in [4.69, 9.17) is 0 Å². The Morgan fingerprint density at radius 3 is 2.83 bits per heavy atom. The lowest BCUT2D eigenvalue weighted by Crippen LogP contribution is -2.43. The van der Waals surface area contributed by atoms with E-state index in [1.807, 2.05) is 36.4 Å². The van der Waals surface area contributed by atoms with Crippen molar-refractivity contribution in [3.05, 3.63) is 66.1 Å². The number of aromatic nitrogens is 3. The SMILES string of the molecule is CCc1cccc(NC(=O)[C@@H]2CCCN(C(=O)c3cc(-c4ccncc4)n[nH]3)C2)c1. The number of hydrogen-bond acceptors (Lipinski definition) is 4. The number of carbonyl (C=O) groups excluding carboxylic acids is 2. The van der Waals surface area contributed by atoms with Crippen molar-refractivity contribution >= 4 is 17.5 Å². The maximum Gasteiger partial charge on any atom is 0.271 e. The number of carbonyl (C=O) groups is 2. The molecule has 2 amide bonds. The Morgan fingerprint density at radius 1 is 1.20 bits per heavy atom. The van der Waals surface area contributed by atoms with Gasteiger partial charge >= 0.3 is 0 Å². The van der Waals surface area contributed by atoms with E-state index in [2.05, 4.69) is 27.4 Å². The van der Waals surface area contributed by atoms with Crippen molar-refractivity contribution in [3.8, 4) is 11.3 Å². The van der Waals surface area contributed by atoms with Gasteiger partial charge in [0.05, 0.1) is 11.6 Å². The second kappa shape index (κ2) is 8.90. The summed E-state index contributed by atoms with van der Waals surface area (Å²) in [6.45, 7) is 3.13. The van der Waals surface area contributed by atoms with Crippen LogP contribution in [-0.2, 0) is 11.2 Å². The summed E-state index contributed by atoms with van der Waals surface area (Å²) in [5.41, 5.74) is 4.00. The van der Waals surface area contributed by atoms with Crippen LogP contribution >= 0.6 is 0 Å². The quantitative estimate of drug-likeness (QED) is 0.682. The summed E-state index contributed by atoms with van der Waals surface area (Å²) >= 11 is 0. The molecule has 3 aromatic rings. The number of pyridine rings is 1. The number of likely N-dealkylation sites (tertiary alicyclic amines) is 1. The van der Waals surface area contributed by atoms with Crippen molar-refractivity contribution in [1.82, 2.24) is 20.1 Å². The molecule has 2 aromatic heterocycles. The fraction of sp³-hybridized carbons (Fsp3) is 0.304. The molecule has 1 aromatic carbocycles. The Balaban J connectivity index is 1.41. The van der Waals surface area contributed by atoms with Crippen LogP contribution in [-0.4, -0.2) is 45.0 Å². The molecule has 30 heavy (non-hydrogen) atoms. The molecule has 0 radical (unpaired) electrons. The lowest BCUT2D eigenvalue weighted by atomic mass is 9.96. The third-order valence-corrected chi connectivity index (χ3v) is 5.47. The summed E-state index contributed by atoms with van der Waals surface area (Å²) in [6.07, 6.45) is 5.87. The van der Waals surface area contributed by atoms with Crippen LogP contribution in [0.1, 0.15) is 35.8 Å². The monoisotopic (exact) mass is 403 g/mol. The standard InChI is InChI=1S/C23H25N5O2/c1-2-16-5-3-7-19(13-16)25-22(29)18-6-4-12-28(15-18)23(30)21-14-20(26-27-21)17-8-10-24-11-9-17/h3,5,7-11,13-14,18H,2,4,6,12,15H2,1H3,(H,25,29)(H,26,27)/t18-/m1/s1. The Morgan fingerprint density at radius 2 is 2.03 bits per heavy atom. The van der Waals surface area contributed by atoms with E-state index in [-0.39, 0.29) is 17.7 Å². The number of anilines is 1. The second-order valence-electron chi connectivity index (χ2n) is 7.54. The molecular formula is C23H25N5O2. The molecule has 0 unspecified atom stereocenters. The van der Waals surface area contributed by atoms with E-state index in [9.17, 15) is 9.59 Å². The van der Waals surface area contributed by atoms with Crippen LogP contribution in [0.5, 0.6) is 0 Å². The molecule has 1 atom stereocenters. The van der Waals surface area contributed by atoms with E-state index in [1.165, 1.54) is 5.56 Å². The molecule has 7 nitrogen and oxygen atoms in total. The molecule has 1 aliphatic heterocycles. The van der Waals surface area contributed by atoms with Crippen LogP contribution < -0.4 is 5.32 Å². The fourth-order valence-corrected chi connectivity index (χ4v) is 3.76. The van der Waals surface area contributed by atoms with Gasteiger partial charge in [0.15, 0.2) is 0 Å². The molecule has 1 saturated heterocycles. The first-order valence-electron chi connectivity index (χ1n) is 10.3. The van der Waals surface area contributed by atoms with Gasteiger partial charge in [-0.25, -0.2) is 0 Å². The van der Waals surface area contributed by atoms with Crippen LogP contribution in [0.2, 0.25) is 0 Å². The highest BCUT2D eigenvalue weighted by atomic mass is 16.2. The number of nitrogens with zero attached hydrogens (tertiary/aromatic N) is 3. The Hall–Kier alpha value is -3.48. The average Bonchev–Trinajstić information content (AvgIpc) is 3.30. The molecule has 1 fully saturated rings. The zero-order valence-electron chi connectivity index (χ0n) is 17.0. The van der Waals surface area contributed by atoms with Crippen LogP contribution in [0.15, 0.2) is 54.9 Å². The number of aromatic amines is 1. The van der Waals surface area contributed by atoms with Gasteiger partial charge < -0.3 is 10.2 Å². The number of rotatable bonds is 5. The van der Waals surface area contributed by atoms with Gasteiger partial charge in [-0.15, -0.1) is 0 Å². The molecule has 0 spiro atoms. The van der Waals surface area contributed by atoms with Crippen molar-refractivity contribution in [2.75, 3.05) is 18.4 Å². The fourth-order valence-electron chi connectivity index (χ4n) is 3.76. The van der Waals surface area contributed by atoms with Gasteiger partial charge in [-0.1, -0.05) is 19.1 Å². The van der Waals surface area contributed by atoms with Crippen LogP contribution in [0, 0.1) is 5.92 Å². The molecule has 0 bridgehead atoms. The van der Waals surface area contributed by atoms with Crippen LogP contribution in [0.25, 0.3) is 11.3 Å². The number of H-pyrrole nitrogens is 1. The van der Waals surface area contributed by atoms with E-state index >= 15 is 0 Å². The maximum absolute atomic E-state index is 13.0. The van der Waals surface area contributed by atoms with Gasteiger partial charge in [0.2, 0.25) is 5.91 Å². The lowest BCUT2D eigenvalue weighted by Gasteiger charge is -2.31.